The monoisotopic (exact) mass is 299 g/mol. The zero-order valence-electron chi connectivity index (χ0n) is 7.58. The molecule has 0 saturated heterocycles. The fraction of sp³-hybridized carbons (Fsp3) is 0.250. The quantitative estimate of drug-likeness (QED) is 0.674. The summed E-state index contributed by atoms with van der Waals surface area (Å²) in [5, 5.41) is 19.2. The summed E-state index contributed by atoms with van der Waals surface area (Å²) < 4.78 is 37.1. The number of nitro groups is 1. The van der Waals surface area contributed by atoms with Gasteiger partial charge in [0.25, 0.3) is 5.69 Å². The summed E-state index contributed by atoms with van der Waals surface area (Å²) in [6.45, 7) is -0.914. The van der Waals surface area contributed by atoms with Gasteiger partial charge in [-0.2, -0.15) is 13.2 Å². The molecule has 1 N–H and O–H groups in total. The zero-order valence-corrected chi connectivity index (χ0v) is 9.17. The van der Waals surface area contributed by atoms with E-state index in [4.69, 9.17) is 5.11 Å². The minimum Gasteiger partial charge on any atom is -0.392 e. The molecule has 0 radical (unpaired) electrons. The molecule has 1 rings (SSSR count). The molecule has 4 nitrogen and oxygen atoms in total. The summed E-state index contributed by atoms with van der Waals surface area (Å²) in [6.07, 6.45) is -4.66. The third-order valence-corrected chi connectivity index (χ3v) is 2.48. The van der Waals surface area contributed by atoms with E-state index in [-0.39, 0.29) is 4.47 Å². The van der Waals surface area contributed by atoms with Crippen molar-refractivity contribution in [1.29, 1.82) is 0 Å². The minimum atomic E-state index is -4.66. The van der Waals surface area contributed by atoms with Gasteiger partial charge in [0.1, 0.15) is 0 Å². The van der Waals surface area contributed by atoms with Crippen LogP contribution >= 0.6 is 15.9 Å². The number of aliphatic hydroxyl groups excluding tert-OH is 1. The zero-order chi connectivity index (χ0) is 12.5. The van der Waals surface area contributed by atoms with Crippen molar-refractivity contribution in [2.45, 2.75) is 12.8 Å². The fourth-order valence-electron chi connectivity index (χ4n) is 1.14. The highest BCUT2D eigenvalue weighted by atomic mass is 79.9. The number of hydrogen-bond acceptors (Lipinski definition) is 3. The van der Waals surface area contributed by atoms with Gasteiger partial charge < -0.3 is 5.11 Å². The number of rotatable bonds is 2. The predicted octanol–water partition coefficient (Wildman–Crippen LogP) is 2.87. The Kier molecular flexibility index (Phi) is 3.54. The van der Waals surface area contributed by atoms with Gasteiger partial charge in [-0.1, -0.05) is 0 Å². The smallest absolute Gasteiger partial charge is 0.392 e. The third kappa shape index (κ3) is 2.50. The standard InChI is InChI=1S/C8H5BrF3NO3/c9-6-2-5(8(10,11)12)4(3-14)1-7(6)13(15)16/h1-2,14H,3H2. The van der Waals surface area contributed by atoms with Crippen LogP contribution in [0.15, 0.2) is 16.6 Å². The van der Waals surface area contributed by atoms with Crippen LogP contribution in [0.4, 0.5) is 18.9 Å². The van der Waals surface area contributed by atoms with Gasteiger partial charge >= 0.3 is 6.18 Å². The number of nitrogens with zero attached hydrogens (tertiary/aromatic N) is 1. The average Bonchev–Trinajstić information content (AvgIpc) is 2.15. The molecule has 0 unspecified atom stereocenters. The van der Waals surface area contributed by atoms with Gasteiger partial charge in [-0.3, -0.25) is 10.1 Å². The summed E-state index contributed by atoms with van der Waals surface area (Å²) in [5.41, 5.74) is -2.13. The van der Waals surface area contributed by atoms with Crippen LogP contribution in [0.3, 0.4) is 0 Å². The first kappa shape index (κ1) is 12.9. The second kappa shape index (κ2) is 4.38. The number of hydrogen-bond donors (Lipinski definition) is 1. The Balaban J connectivity index is 3.44. The van der Waals surface area contributed by atoms with Gasteiger partial charge in [0.05, 0.1) is 21.6 Å². The second-order valence-electron chi connectivity index (χ2n) is 2.87. The van der Waals surface area contributed by atoms with Crippen molar-refractivity contribution in [3.63, 3.8) is 0 Å². The van der Waals surface area contributed by atoms with E-state index in [2.05, 4.69) is 15.9 Å². The molecule has 0 bridgehead atoms. The lowest BCUT2D eigenvalue weighted by molar-refractivity contribution is -0.385. The summed E-state index contributed by atoms with van der Waals surface area (Å²) in [6, 6.07) is 1.29. The van der Waals surface area contributed by atoms with Crippen LogP contribution < -0.4 is 0 Å². The van der Waals surface area contributed by atoms with E-state index >= 15 is 0 Å². The number of halogens is 4. The molecule has 0 spiro atoms. The molecule has 0 aliphatic heterocycles. The van der Waals surface area contributed by atoms with Crippen LogP contribution in [0.1, 0.15) is 11.1 Å². The van der Waals surface area contributed by atoms with Gasteiger partial charge in [0, 0.05) is 6.07 Å². The number of nitro benzene ring substituents is 1. The third-order valence-electron chi connectivity index (χ3n) is 1.85. The van der Waals surface area contributed by atoms with Crippen molar-refractivity contribution in [3.8, 4) is 0 Å². The van der Waals surface area contributed by atoms with Gasteiger partial charge in [0.15, 0.2) is 0 Å². The normalized spacial score (nSPS) is 11.6. The van der Waals surface area contributed by atoms with Crippen molar-refractivity contribution < 1.29 is 23.2 Å². The van der Waals surface area contributed by atoms with E-state index in [0.29, 0.717) is 12.1 Å². The van der Waals surface area contributed by atoms with Gasteiger partial charge in [-0.25, -0.2) is 0 Å². The number of benzene rings is 1. The molecular formula is C8H5BrF3NO3. The van der Waals surface area contributed by atoms with Gasteiger partial charge in [-0.15, -0.1) is 0 Å². The predicted molar refractivity (Wildman–Crippen MR) is 51.7 cm³/mol. The van der Waals surface area contributed by atoms with E-state index in [0.717, 1.165) is 0 Å². The second-order valence-corrected chi connectivity index (χ2v) is 3.73. The largest absolute Gasteiger partial charge is 0.416 e. The minimum absolute atomic E-state index is 0.276. The van der Waals surface area contributed by atoms with Crippen molar-refractivity contribution in [2.75, 3.05) is 0 Å². The molecule has 1 aromatic rings. The number of aliphatic hydroxyl groups is 1. The first-order valence-corrected chi connectivity index (χ1v) is 4.71. The maximum absolute atomic E-state index is 12.4. The SMILES string of the molecule is O=[N+]([O-])c1cc(CO)c(C(F)(F)F)cc1Br. The van der Waals surface area contributed by atoms with Crippen LogP contribution in [-0.4, -0.2) is 10.0 Å². The maximum Gasteiger partial charge on any atom is 0.416 e. The molecule has 0 fully saturated rings. The topological polar surface area (TPSA) is 63.4 Å². The number of alkyl halides is 3. The Morgan fingerprint density at radius 1 is 1.44 bits per heavy atom. The summed E-state index contributed by atoms with van der Waals surface area (Å²) in [5.74, 6) is 0. The fourth-order valence-corrected chi connectivity index (χ4v) is 1.63. The Labute approximate surface area is 96.0 Å². The van der Waals surface area contributed by atoms with E-state index in [9.17, 15) is 23.3 Å². The molecule has 8 heteroatoms. The van der Waals surface area contributed by atoms with Crippen LogP contribution in [0, 0.1) is 10.1 Å². The highest BCUT2D eigenvalue weighted by Crippen LogP contribution is 2.37. The summed E-state index contributed by atoms with van der Waals surface area (Å²) in [4.78, 5) is 9.63. The molecule has 0 heterocycles. The average molecular weight is 300 g/mol. The highest BCUT2D eigenvalue weighted by Gasteiger charge is 2.35. The maximum atomic E-state index is 12.4. The summed E-state index contributed by atoms with van der Waals surface area (Å²) >= 11 is 2.68. The molecule has 0 aliphatic carbocycles. The summed E-state index contributed by atoms with van der Waals surface area (Å²) in [7, 11) is 0. The molecule has 0 saturated carbocycles. The lowest BCUT2D eigenvalue weighted by atomic mass is 10.1. The molecule has 0 atom stereocenters. The van der Waals surface area contributed by atoms with Crippen LogP contribution in [0.25, 0.3) is 0 Å². The molecule has 16 heavy (non-hydrogen) atoms. The van der Waals surface area contributed by atoms with Crippen molar-refractivity contribution >= 4 is 21.6 Å². The first-order chi connectivity index (χ1) is 7.27. The molecule has 0 amide bonds. The van der Waals surface area contributed by atoms with Crippen molar-refractivity contribution in [3.05, 3.63) is 37.8 Å². The van der Waals surface area contributed by atoms with Crippen LogP contribution in [0.5, 0.6) is 0 Å². The molecule has 0 aliphatic rings. The van der Waals surface area contributed by atoms with Crippen molar-refractivity contribution in [1.82, 2.24) is 0 Å². The lowest BCUT2D eigenvalue weighted by Crippen LogP contribution is -2.10. The van der Waals surface area contributed by atoms with E-state index in [1.807, 2.05) is 0 Å². The van der Waals surface area contributed by atoms with Crippen LogP contribution in [-0.2, 0) is 12.8 Å². The molecule has 1 aromatic carbocycles. The first-order valence-electron chi connectivity index (χ1n) is 3.92. The van der Waals surface area contributed by atoms with Gasteiger partial charge in [0.2, 0.25) is 0 Å². The van der Waals surface area contributed by atoms with E-state index < -0.39 is 34.5 Å². The Morgan fingerprint density at radius 2 is 2.00 bits per heavy atom. The Hall–Kier alpha value is -1.15. The lowest BCUT2D eigenvalue weighted by Gasteiger charge is -2.11. The van der Waals surface area contributed by atoms with Crippen molar-refractivity contribution in [2.24, 2.45) is 0 Å². The highest BCUT2D eigenvalue weighted by molar-refractivity contribution is 9.10. The van der Waals surface area contributed by atoms with Gasteiger partial charge in [-0.05, 0) is 27.6 Å². The van der Waals surface area contributed by atoms with Crippen LogP contribution in [0.2, 0.25) is 0 Å². The molecule has 0 aromatic heterocycles. The Bertz CT molecular complexity index is 433. The van der Waals surface area contributed by atoms with E-state index in [1.54, 1.807) is 0 Å². The Morgan fingerprint density at radius 3 is 2.38 bits per heavy atom. The van der Waals surface area contributed by atoms with E-state index in [1.165, 1.54) is 0 Å². The molecular weight excluding hydrogens is 295 g/mol. The molecule has 88 valence electrons.